The van der Waals surface area contributed by atoms with Crippen LogP contribution < -0.4 is 5.73 Å². The van der Waals surface area contributed by atoms with Gasteiger partial charge in [-0.1, -0.05) is 41.7 Å². The number of morpholine rings is 1. The van der Waals surface area contributed by atoms with Crippen molar-refractivity contribution in [3.63, 3.8) is 0 Å². The van der Waals surface area contributed by atoms with Crippen molar-refractivity contribution in [3.8, 4) is 0 Å². The standard InChI is InChI=1S/C17H20N3O4S2/c18-17-19-11-15(25-17)16(21)14(10-13-4-2-1-3-5-13)12-26(22,23)20-6-8-24-9-7-20/h1-5,14H,6-10,12H2,(H2,18,19)/t14-/m0/s1. The highest BCUT2D eigenvalue weighted by Gasteiger charge is 2.32. The summed E-state index contributed by atoms with van der Waals surface area (Å²) in [5.41, 5.74) is 6.50. The van der Waals surface area contributed by atoms with E-state index in [9.17, 15) is 13.2 Å². The summed E-state index contributed by atoms with van der Waals surface area (Å²) < 4.78 is 32.2. The Hall–Kier alpha value is -1.81. The second-order valence-electron chi connectivity index (χ2n) is 6.03. The molecule has 1 aromatic heterocycles. The van der Waals surface area contributed by atoms with Crippen molar-refractivity contribution in [2.75, 3.05) is 37.8 Å². The quantitative estimate of drug-likeness (QED) is 0.709. The molecule has 1 fully saturated rings. The number of nitrogens with zero attached hydrogens (tertiary/aromatic N) is 2. The number of hydrogen-bond acceptors (Lipinski definition) is 7. The second-order valence-corrected chi connectivity index (χ2v) is 9.08. The molecule has 0 spiro atoms. The summed E-state index contributed by atoms with van der Waals surface area (Å²) in [6.07, 6.45) is 2.93. The maximum Gasteiger partial charge on any atom is 0.214 e. The van der Waals surface area contributed by atoms with Crippen molar-refractivity contribution in [3.05, 3.63) is 47.0 Å². The van der Waals surface area contributed by atoms with E-state index >= 15 is 0 Å². The highest BCUT2D eigenvalue weighted by Crippen LogP contribution is 2.23. The van der Waals surface area contributed by atoms with Gasteiger partial charge in [-0.15, -0.1) is 0 Å². The predicted molar refractivity (Wildman–Crippen MR) is 99.5 cm³/mol. The van der Waals surface area contributed by atoms with Gasteiger partial charge in [0.1, 0.15) is 11.1 Å². The van der Waals surface area contributed by atoms with Crippen LogP contribution in [0.3, 0.4) is 0 Å². The Bertz CT molecular complexity index is 846. The molecule has 9 heteroatoms. The van der Waals surface area contributed by atoms with Crippen LogP contribution in [0.4, 0.5) is 5.13 Å². The van der Waals surface area contributed by atoms with E-state index in [0.29, 0.717) is 32.7 Å². The summed E-state index contributed by atoms with van der Waals surface area (Å²) in [7, 11) is -3.58. The molecule has 1 atom stereocenters. The molecule has 1 aromatic carbocycles. The first kappa shape index (κ1) is 19.0. The van der Waals surface area contributed by atoms with E-state index in [0.717, 1.165) is 16.9 Å². The normalized spacial score (nSPS) is 17.1. The first-order chi connectivity index (χ1) is 12.5. The molecule has 0 bridgehead atoms. The van der Waals surface area contributed by atoms with Crippen LogP contribution in [-0.2, 0) is 21.2 Å². The van der Waals surface area contributed by atoms with Crippen molar-refractivity contribution < 1.29 is 17.9 Å². The minimum Gasteiger partial charge on any atom is -0.379 e. The summed E-state index contributed by atoms with van der Waals surface area (Å²) in [6, 6.07) is 9.37. The van der Waals surface area contributed by atoms with E-state index in [-0.39, 0.29) is 21.5 Å². The Morgan fingerprint density at radius 1 is 1.31 bits per heavy atom. The maximum atomic E-state index is 12.9. The number of carbonyl (C=O) groups is 1. The van der Waals surface area contributed by atoms with Crippen molar-refractivity contribution >= 4 is 32.3 Å². The third-order valence-corrected chi connectivity index (χ3v) is 6.94. The summed E-state index contributed by atoms with van der Waals surface area (Å²) in [4.78, 5) is 17.0. The van der Waals surface area contributed by atoms with Crippen LogP contribution in [-0.4, -0.2) is 55.5 Å². The molecule has 1 radical (unpaired) electrons. The lowest BCUT2D eigenvalue weighted by Gasteiger charge is -2.27. The van der Waals surface area contributed by atoms with Crippen molar-refractivity contribution in [2.45, 2.75) is 6.42 Å². The Labute approximate surface area is 156 Å². The lowest BCUT2D eigenvalue weighted by molar-refractivity contribution is 0.0727. The third-order valence-electron chi connectivity index (χ3n) is 4.17. The number of nitrogen functional groups attached to an aromatic ring is 1. The molecule has 26 heavy (non-hydrogen) atoms. The first-order valence-corrected chi connectivity index (χ1v) is 10.7. The lowest BCUT2D eigenvalue weighted by Crippen LogP contribution is -2.44. The largest absolute Gasteiger partial charge is 0.379 e. The van der Waals surface area contributed by atoms with Crippen molar-refractivity contribution in [2.24, 2.45) is 5.92 Å². The molecular weight excluding hydrogens is 374 g/mol. The second kappa shape index (κ2) is 8.26. The summed E-state index contributed by atoms with van der Waals surface area (Å²) in [5, 5.41) is 0.239. The molecule has 2 aromatic rings. The molecule has 139 valence electrons. The molecule has 1 aliphatic rings. The molecule has 0 unspecified atom stereocenters. The van der Waals surface area contributed by atoms with Crippen LogP contribution in [0.1, 0.15) is 15.2 Å². The van der Waals surface area contributed by atoms with Gasteiger partial charge in [-0.05, 0) is 12.0 Å². The number of aromatic nitrogens is 1. The fourth-order valence-electron chi connectivity index (χ4n) is 2.86. The van der Waals surface area contributed by atoms with Crippen LogP contribution in [0.2, 0.25) is 0 Å². The van der Waals surface area contributed by atoms with Gasteiger partial charge in [-0.2, -0.15) is 4.31 Å². The van der Waals surface area contributed by atoms with Crippen LogP contribution >= 0.6 is 11.3 Å². The number of sulfonamides is 1. The van der Waals surface area contributed by atoms with Gasteiger partial charge in [0.25, 0.3) is 0 Å². The summed E-state index contributed by atoms with van der Waals surface area (Å²) >= 11 is 1.03. The number of benzene rings is 1. The number of hydrogen-bond donors (Lipinski definition) is 1. The van der Waals surface area contributed by atoms with E-state index in [1.54, 1.807) is 0 Å². The fourth-order valence-corrected chi connectivity index (χ4v) is 5.21. The minimum absolute atomic E-state index is 0.239. The Morgan fingerprint density at radius 2 is 2.00 bits per heavy atom. The monoisotopic (exact) mass is 394 g/mol. The Balaban J connectivity index is 1.83. The topological polar surface area (TPSA) is 103 Å². The molecule has 7 nitrogen and oxygen atoms in total. The van der Waals surface area contributed by atoms with Crippen LogP contribution in [0.15, 0.2) is 30.3 Å². The van der Waals surface area contributed by atoms with E-state index < -0.39 is 15.9 Å². The molecule has 0 amide bonds. The van der Waals surface area contributed by atoms with Gasteiger partial charge >= 0.3 is 0 Å². The fraction of sp³-hybridized carbons (Fsp3) is 0.412. The zero-order chi connectivity index (χ0) is 18.6. The zero-order valence-corrected chi connectivity index (χ0v) is 15.8. The Morgan fingerprint density at radius 3 is 2.62 bits per heavy atom. The van der Waals surface area contributed by atoms with E-state index in [1.165, 1.54) is 4.31 Å². The van der Waals surface area contributed by atoms with Gasteiger partial charge in [-0.3, -0.25) is 4.79 Å². The molecule has 0 saturated carbocycles. The van der Waals surface area contributed by atoms with E-state index in [4.69, 9.17) is 10.5 Å². The van der Waals surface area contributed by atoms with Gasteiger partial charge in [0, 0.05) is 19.0 Å². The minimum atomic E-state index is -3.58. The average Bonchev–Trinajstić information content (AvgIpc) is 3.08. The molecule has 1 saturated heterocycles. The number of nitrogens with two attached hydrogens (primary N) is 1. The molecule has 3 rings (SSSR count). The smallest absolute Gasteiger partial charge is 0.214 e. The number of ether oxygens (including phenoxy) is 1. The summed E-state index contributed by atoms with van der Waals surface area (Å²) in [6.45, 7) is 1.37. The zero-order valence-electron chi connectivity index (χ0n) is 14.1. The first-order valence-electron chi connectivity index (χ1n) is 8.23. The van der Waals surface area contributed by atoms with Gasteiger partial charge < -0.3 is 10.5 Å². The number of anilines is 1. The van der Waals surface area contributed by atoms with E-state index in [1.807, 2.05) is 30.3 Å². The highest BCUT2D eigenvalue weighted by molar-refractivity contribution is 7.89. The molecular formula is C17H20N3O4S2. The summed E-state index contributed by atoms with van der Waals surface area (Å²) in [5.74, 6) is -1.27. The number of thiazole rings is 1. The van der Waals surface area contributed by atoms with Crippen LogP contribution in [0.5, 0.6) is 0 Å². The number of rotatable bonds is 7. The molecule has 1 aliphatic heterocycles. The van der Waals surface area contributed by atoms with Gasteiger partial charge in [-0.25, -0.2) is 13.4 Å². The highest BCUT2D eigenvalue weighted by atomic mass is 32.2. The SMILES string of the molecule is Nc1n[c]c(C(=O)[C@@H](Cc2ccccc2)CS(=O)(=O)N2CCOCC2)s1. The number of ketones is 1. The lowest BCUT2D eigenvalue weighted by atomic mass is 9.96. The van der Waals surface area contributed by atoms with Crippen LogP contribution in [0, 0.1) is 12.1 Å². The number of carbonyl (C=O) groups excluding carboxylic acids is 1. The predicted octanol–water partition coefficient (Wildman–Crippen LogP) is 1.23. The van der Waals surface area contributed by atoms with E-state index in [2.05, 4.69) is 11.2 Å². The van der Waals surface area contributed by atoms with Crippen LogP contribution in [0.25, 0.3) is 0 Å². The Kier molecular flexibility index (Phi) is 6.02. The average molecular weight is 394 g/mol. The molecule has 2 heterocycles. The molecule has 2 N–H and O–H groups in total. The van der Waals surface area contributed by atoms with Gasteiger partial charge in [0.15, 0.2) is 10.9 Å². The molecule has 0 aliphatic carbocycles. The third kappa shape index (κ3) is 4.67. The van der Waals surface area contributed by atoms with Crippen molar-refractivity contribution in [1.29, 1.82) is 0 Å². The van der Waals surface area contributed by atoms with Gasteiger partial charge in [0.05, 0.1) is 19.0 Å². The maximum absolute atomic E-state index is 12.9. The van der Waals surface area contributed by atoms with Crippen molar-refractivity contribution in [1.82, 2.24) is 9.29 Å². The number of Topliss-reactive ketones (excluding diaryl/α,β-unsaturated/α-hetero) is 1. The van der Waals surface area contributed by atoms with Gasteiger partial charge in [0.2, 0.25) is 10.0 Å².